The molecule has 4 heteroatoms. The second-order valence-electron chi connectivity index (χ2n) is 4.32. The lowest BCUT2D eigenvalue weighted by Gasteiger charge is -2.21. The highest BCUT2D eigenvalue weighted by molar-refractivity contribution is 5.34. The Hall–Kier alpha value is -2.15. The molecule has 2 aromatic rings. The first-order valence-corrected chi connectivity index (χ1v) is 5.44. The van der Waals surface area contributed by atoms with Crippen molar-refractivity contribution >= 4 is 0 Å². The van der Waals surface area contributed by atoms with E-state index in [1.807, 2.05) is 0 Å². The van der Waals surface area contributed by atoms with Gasteiger partial charge >= 0.3 is 0 Å². The van der Waals surface area contributed by atoms with Crippen LogP contribution in [-0.4, -0.2) is 0 Å². The van der Waals surface area contributed by atoms with E-state index in [1.54, 1.807) is 19.1 Å². The summed E-state index contributed by atoms with van der Waals surface area (Å²) in [6.45, 7) is 1.60. The highest BCUT2D eigenvalue weighted by Crippen LogP contribution is 2.30. The van der Waals surface area contributed by atoms with Gasteiger partial charge in [0.05, 0.1) is 17.7 Å². The Bertz CT molecular complexity index is 586. The number of halogens is 2. The lowest BCUT2D eigenvalue weighted by atomic mass is 9.80. The highest BCUT2D eigenvalue weighted by atomic mass is 19.1. The molecular weight excluding hydrogens is 236 g/mol. The number of benzene rings is 1. The molecule has 18 heavy (non-hydrogen) atoms. The van der Waals surface area contributed by atoms with Gasteiger partial charge in [-0.2, -0.15) is 5.26 Å². The van der Waals surface area contributed by atoms with Crippen LogP contribution in [0.5, 0.6) is 0 Å². The first kappa shape index (κ1) is 12.3. The zero-order valence-corrected chi connectivity index (χ0v) is 9.78. The predicted octanol–water partition coefficient (Wildman–Crippen LogP) is 3.58. The van der Waals surface area contributed by atoms with Crippen LogP contribution in [0, 0.1) is 23.0 Å². The van der Waals surface area contributed by atoms with Crippen LogP contribution in [0.3, 0.4) is 0 Å². The molecule has 1 aromatic carbocycles. The number of nitriles is 1. The van der Waals surface area contributed by atoms with Crippen molar-refractivity contribution in [2.75, 3.05) is 0 Å². The molecule has 0 aliphatic rings. The lowest BCUT2D eigenvalue weighted by Crippen LogP contribution is -2.24. The van der Waals surface area contributed by atoms with Crippen molar-refractivity contribution in [2.45, 2.75) is 18.8 Å². The Morgan fingerprint density at radius 1 is 1.33 bits per heavy atom. The van der Waals surface area contributed by atoms with Gasteiger partial charge in [0.15, 0.2) is 0 Å². The van der Waals surface area contributed by atoms with Gasteiger partial charge in [0, 0.05) is 18.1 Å². The summed E-state index contributed by atoms with van der Waals surface area (Å²) in [5.74, 6) is -0.789. The maximum atomic E-state index is 13.7. The minimum atomic E-state index is -1.09. The van der Waals surface area contributed by atoms with Crippen molar-refractivity contribution in [1.29, 1.82) is 5.26 Å². The summed E-state index contributed by atoms with van der Waals surface area (Å²) < 4.78 is 31.8. The topological polar surface area (TPSA) is 36.9 Å². The molecule has 1 unspecified atom stereocenters. The molecule has 2 rings (SSSR count). The number of hydrogen-bond donors (Lipinski definition) is 0. The summed E-state index contributed by atoms with van der Waals surface area (Å²) in [6.07, 6.45) is 1.73. The third kappa shape index (κ3) is 2.25. The van der Waals surface area contributed by atoms with E-state index in [0.717, 1.165) is 12.1 Å². The quantitative estimate of drug-likeness (QED) is 0.831. The Balaban J connectivity index is 2.41. The smallest absolute Gasteiger partial charge is 0.130 e. The van der Waals surface area contributed by atoms with E-state index in [9.17, 15) is 14.0 Å². The van der Waals surface area contributed by atoms with Crippen LogP contribution in [0.25, 0.3) is 0 Å². The van der Waals surface area contributed by atoms with Crippen molar-refractivity contribution in [3.63, 3.8) is 0 Å². The molecule has 1 aromatic heterocycles. The molecule has 0 saturated carbocycles. The Morgan fingerprint density at radius 3 is 2.67 bits per heavy atom. The number of furan rings is 1. The van der Waals surface area contributed by atoms with Crippen LogP contribution in [0.1, 0.15) is 18.2 Å². The van der Waals surface area contributed by atoms with Gasteiger partial charge in [-0.05, 0) is 25.1 Å². The average Bonchev–Trinajstić information content (AvgIpc) is 2.81. The van der Waals surface area contributed by atoms with Gasteiger partial charge in [-0.3, -0.25) is 0 Å². The molecule has 0 saturated heterocycles. The normalized spacial score (nSPS) is 13.9. The number of hydrogen-bond acceptors (Lipinski definition) is 2. The average molecular weight is 247 g/mol. The molecule has 0 N–H and O–H groups in total. The molecule has 92 valence electrons. The summed E-state index contributed by atoms with van der Waals surface area (Å²) in [7, 11) is 0. The maximum absolute atomic E-state index is 13.7. The van der Waals surface area contributed by atoms with Crippen molar-refractivity contribution in [3.8, 4) is 6.07 Å². The summed E-state index contributed by atoms with van der Waals surface area (Å²) in [4.78, 5) is 0. The van der Waals surface area contributed by atoms with E-state index < -0.39 is 17.0 Å². The van der Waals surface area contributed by atoms with E-state index >= 15 is 0 Å². The number of nitrogens with zero attached hydrogens (tertiary/aromatic N) is 1. The highest BCUT2D eigenvalue weighted by Gasteiger charge is 2.31. The Morgan fingerprint density at radius 2 is 2.11 bits per heavy atom. The van der Waals surface area contributed by atoms with Crippen molar-refractivity contribution < 1.29 is 13.2 Å². The molecule has 1 heterocycles. The van der Waals surface area contributed by atoms with Crippen LogP contribution in [0.2, 0.25) is 0 Å². The van der Waals surface area contributed by atoms with Gasteiger partial charge in [0.2, 0.25) is 0 Å². The zero-order valence-electron chi connectivity index (χ0n) is 9.78. The molecule has 0 radical (unpaired) electrons. The maximum Gasteiger partial charge on any atom is 0.130 e. The fraction of sp³-hybridized carbons (Fsp3) is 0.214. The summed E-state index contributed by atoms with van der Waals surface area (Å²) in [5.41, 5.74) is -0.918. The first-order chi connectivity index (χ1) is 8.55. The zero-order chi connectivity index (χ0) is 13.2. The van der Waals surface area contributed by atoms with E-state index in [-0.39, 0.29) is 12.0 Å². The Labute approximate surface area is 103 Å². The standard InChI is InChI=1S/C14H11F2NO/c1-14(9-17,8-11-3-2-6-18-11)12-5-4-10(15)7-13(12)16/h2-7H,8H2,1H3. The third-order valence-corrected chi connectivity index (χ3v) is 2.88. The molecular formula is C14H11F2NO. The molecule has 0 fully saturated rings. The number of rotatable bonds is 3. The van der Waals surface area contributed by atoms with E-state index in [1.165, 1.54) is 12.3 Å². The third-order valence-electron chi connectivity index (χ3n) is 2.88. The summed E-state index contributed by atoms with van der Waals surface area (Å²) in [6, 6.07) is 8.73. The molecule has 0 spiro atoms. The SMILES string of the molecule is CC(C#N)(Cc1ccco1)c1ccc(F)cc1F. The van der Waals surface area contributed by atoms with Gasteiger partial charge in [-0.25, -0.2) is 8.78 Å². The van der Waals surface area contributed by atoms with Gasteiger partial charge in [-0.15, -0.1) is 0 Å². The van der Waals surface area contributed by atoms with Gasteiger partial charge in [0.25, 0.3) is 0 Å². The van der Waals surface area contributed by atoms with Crippen molar-refractivity contribution in [1.82, 2.24) is 0 Å². The second-order valence-corrected chi connectivity index (χ2v) is 4.32. The van der Waals surface area contributed by atoms with Crippen molar-refractivity contribution in [2.24, 2.45) is 0 Å². The van der Waals surface area contributed by atoms with Gasteiger partial charge in [0.1, 0.15) is 17.4 Å². The van der Waals surface area contributed by atoms with E-state index in [2.05, 4.69) is 6.07 Å². The second kappa shape index (κ2) is 4.61. The monoisotopic (exact) mass is 247 g/mol. The first-order valence-electron chi connectivity index (χ1n) is 5.44. The van der Waals surface area contributed by atoms with Crippen LogP contribution in [0.15, 0.2) is 41.0 Å². The van der Waals surface area contributed by atoms with Crippen LogP contribution < -0.4 is 0 Å². The van der Waals surface area contributed by atoms with E-state index in [0.29, 0.717) is 5.76 Å². The largest absolute Gasteiger partial charge is 0.469 e. The Kier molecular flexibility index (Phi) is 3.15. The molecule has 0 amide bonds. The van der Waals surface area contributed by atoms with Crippen molar-refractivity contribution in [3.05, 3.63) is 59.6 Å². The minimum Gasteiger partial charge on any atom is -0.469 e. The van der Waals surface area contributed by atoms with Crippen LogP contribution in [0.4, 0.5) is 8.78 Å². The fourth-order valence-corrected chi connectivity index (χ4v) is 1.89. The summed E-state index contributed by atoms with van der Waals surface area (Å²) in [5, 5.41) is 9.28. The van der Waals surface area contributed by atoms with Crippen LogP contribution in [-0.2, 0) is 11.8 Å². The molecule has 0 aliphatic heterocycles. The molecule has 0 bridgehead atoms. The van der Waals surface area contributed by atoms with Gasteiger partial charge in [-0.1, -0.05) is 6.07 Å². The molecule has 2 nitrogen and oxygen atoms in total. The minimum absolute atomic E-state index is 0.169. The van der Waals surface area contributed by atoms with Crippen LogP contribution >= 0.6 is 0 Å². The van der Waals surface area contributed by atoms with E-state index in [4.69, 9.17) is 4.42 Å². The predicted molar refractivity (Wildman–Crippen MR) is 61.7 cm³/mol. The molecule has 1 atom stereocenters. The molecule has 0 aliphatic carbocycles. The fourth-order valence-electron chi connectivity index (χ4n) is 1.89. The summed E-state index contributed by atoms with van der Waals surface area (Å²) >= 11 is 0. The lowest BCUT2D eigenvalue weighted by molar-refractivity contribution is 0.449. The van der Waals surface area contributed by atoms with Gasteiger partial charge < -0.3 is 4.42 Å².